The molecular formula is C17H31N5O5. The van der Waals surface area contributed by atoms with Crippen LogP contribution < -0.4 is 16.0 Å². The lowest BCUT2D eigenvalue weighted by atomic mass is 10.1. The summed E-state index contributed by atoms with van der Waals surface area (Å²) in [6.07, 6.45) is 0. The SMILES string of the molecule is COC(=O)C(C)NC(=O)C1CN(C(=O)NC(C)C)CCN1C(=O)NC(C)C. The number of carbonyl (C=O) groups is 4. The molecule has 0 radical (unpaired) electrons. The predicted molar refractivity (Wildman–Crippen MR) is 99.0 cm³/mol. The third-order valence-electron chi connectivity index (χ3n) is 3.97. The van der Waals surface area contributed by atoms with Gasteiger partial charge in [-0.25, -0.2) is 14.4 Å². The molecule has 0 aromatic carbocycles. The summed E-state index contributed by atoms with van der Waals surface area (Å²) in [5.41, 5.74) is 0. The van der Waals surface area contributed by atoms with Crippen molar-refractivity contribution in [2.24, 2.45) is 0 Å². The Kier molecular flexibility index (Phi) is 8.32. The molecule has 154 valence electrons. The van der Waals surface area contributed by atoms with E-state index in [-0.39, 0.29) is 37.2 Å². The number of nitrogens with zero attached hydrogens (tertiary/aromatic N) is 2. The van der Waals surface area contributed by atoms with Gasteiger partial charge >= 0.3 is 18.0 Å². The molecule has 0 aromatic heterocycles. The van der Waals surface area contributed by atoms with E-state index in [1.807, 2.05) is 27.7 Å². The average molecular weight is 385 g/mol. The van der Waals surface area contributed by atoms with E-state index < -0.39 is 24.0 Å². The minimum Gasteiger partial charge on any atom is -0.467 e. The van der Waals surface area contributed by atoms with Crippen LogP contribution in [0.15, 0.2) is 0 Å². The number of amides is 5. The van der Waals surface area contributed by atoms with E-state index in [2.05, 4.69) is 20.7 Å². The highest BCUT2D eigenvalue weighted by molar-refractivity contribution is 5.91. The summed E-state index contributed by atoms with van der Waals surface area (Å²) >= 11 is 0. The smallest absolute Gasteiger partial charge is 0.328 e. The number of nitrogens with one attached hydrogen (secondary N) is 3. The van der Waals surface area contributed by atoms with Crippen molar-refractivity contribution < 1.29 is 23.9 Å². The fraction of sp³-hybridized carbons (Fsp3) is 0.765. The molecule has 0 bridgehead atoms. The molecule has 27 heavy (non-hydrogen) atoms. The largest absolute Gasteiger partial charge is 0.467 e. The summed E-state index contributed by atoms with van der Waals surface area (Å²) in [5, 5.41) is 8.08. The predicted octanol–water partition coefficient (Wildman–Crippen LogP) is -0.114. The van der Waals surface area contributed by atoms with E-state index in [0.29, 0.717) is 6.54 Å². The Morgan fingerprint density at radius 1 is 0.889 bits per heavy atom. The minimum atomic E-state index is -0.914. The molecule has 0 aliphatic carbocycles. The Morgan fingerprint density at radius 3 is 1.96 bits per heavy atom. The van der Waals surface area contributed by atoms with Gasteiger partial charge < -0.3 is 30.5 Å². The number of esters is 1. The number of ether oxygens (including phenoxy) is 1. The first kappa shape index (κ1) is 22.5. The van der Waals surface area contributed by atoms with Gasteiger partial charge in [0, 0.05) is 25.2 Å². The minimum absolute atomic E-state index is 0.0315. The lowest BCUT2D eigenvalue weighted by Crippen LogP contribution is -2.65. The second-order valence-corrected chi connectivity index (χ2v) is 7.12. The molecule has 1 heterocycles. The van der Waals surface area contributed by atoms with Gasteiger partial charge in [-0.05, 0) is 34.6 Å². The van der Waals surface area contributed by atoms with Crippen LogP contribution in [0.2, 0.25) is 0 Å². The van der Waals surface area contributed by atoms with Crippen molar-refractivity contribution >= 4 is 23.9 Å². The van der Waals surface area contributed by atoms with Crippen LogP contribution in [0.25, 0.3) is 0 Å². The highest BCUT2D eigenvalue weighted by Gasteiger charge is 2.38. The summed E-state index contributed by atoms with van der Waals surface area (Å²) in [6.45, 7) is 9.35. The number of carbonyl (C=O) groups excluding carboxylic acids is 4. The number of hydrogen-bond acceptors (Lipinski definition) is 5. The Morgan fingerprint density at radius 2 is 1.44 bits per heavy atom. The number of piperazine rings is 1. The van der Waals surface area contributed by atoms with Gasteiger partial charge in [-0.2, -0.15) is 0 Å². The maximum Gasteiger partial charge on any atom is 0.328 e. The molecule has 2 unspecified atom stereocenters. The normalized spacial score (nSPS) is 18.1. The molecule has 0 aromatic rings. The third kappa shape index (κ3) is 6.61. The van der Waals surface area contributed by atoms with Crippen LogP contribution in [0, 0.1) is 0 Å². The number of methoxy groups -OCH3 is 1. The van der Waals surface area contributed by atoms with Crippen molar-refractivity contribution in [2.75, 3.05) is 26.7 Å². The maximum absolute atomic E-state index is 12.7. The van der Waals surface area contributed by atoms with E-state index in [1.54, 1.807) is 0 Å². The Labute approximate surface area is 160 Å². The molecule has 5 amide bonds. The topological polar surface area (TPSA) is 120 Å². The van der Waals surface area contributed by atoms with Crippen molar-refractivity contribution in [1.82, 2.24) is 25.8 Å². The van der Waals surface area contributed by atoms with Crippen LogP contribution in [0.5, 0.6) is 0 Å². The van der Waals surface area contributed by atoms with E-state index in [0.717, 1.165) is 0 Å². The first-order valence-corrected chi connectivity index (χ1v) is 9.07. The van der Waals surface area contributed by atoms with Crippen LogP contribution >= 0.6 is 0 Å². The van der Waals surface area contributed by atoms with Gasteiger partial charge in [0.2, 0.25) is 5.91 Å². The van der Waals surface area contributed by atoms with Crippen LogP contribution in [0.4, 0.5) is 9.59 Å². The first-order valence-electron chi connectivity index (χ1n) is 9.07. The van der Waals surface area contributed by atoms with E-state index in [9.17, 15) is 19.2 Å². The molecule has 1 fully saturated rings. The van der Waals surface area contributed by atoms with Crippen molar-refractivity contribution in [3.63, 3.8) is 0 Å². The standard InChI is InChI=1S/C17H31N5O5/c1-10(2)18-16(25)21-7-8-22(17(26)19-11(3)4)13(9-21)14(23)20-12(5)15(24)27-6/h10-13H,7-9H2,1-6H3,(H,18,25)(H,19,26)(H,20,23). The third-order valence-corrected chi connectivity index (χ3v) is 3.97. The number of rotatable bonds is 5. The van der Waals surface area contributed by atoms with Crippen LogP contribution in [-0.4, -0.2) is 84.6 Å². The van der Waals surface area contributed by atoms with Gasteiger partial charge in [-0.1, -0.05) is 0 Å². The molecule has 0 saturated carbocycles. The first-order chi connectivity index (χ1) is 12.6. The fourth-order valence-electron chi connectivity index (χ4n) is 2.65. The van der Waals surface area contributed by atoms with Gasteiger partial charge in [0.1, 0.15) is 12.1 Å². The van der Waals surface area contributed by atoms with Gasteiger partial charge in [0.05, 0.1) is 13.7 Å². The molecule has 1 aliphatic heterocycles. The summed E-state index contributed by atoms with van der Waals surface area (Å²) in [5.74, 6) is -1.11. The van der Waals surface area contributed by atoms with Gasteiger partial charge in [0.15, 0.2) is 0 Å². The maximum atomic E-state index is 12.7. The molecule has 1 aliphatic rings. The lowest BCUT2D eigenvalue weighted by molar-refractivity contribution is -0.145. The van der Waals surface area contributed by atoms with Crippen LogP contribution in [0.1, 0.15) is 34.6 Å². The zero-order chi connectivity index (χ0) is 20.7. The fourth-order valence-corrected chi connectivity index (χ4v) is 2.65. The van der Waals surface area contributed by atoms with E-state index >= 15 is 0 Å². The second kappa shape index (κ2) is 9.98. The molecule has 3 N–H and O–H groups in total. The van der Waals surface area contributed by atoms with Crippen molar-refractivity contribution in [3.8, 4) is 0 Å². The Bertz CT molecular complexity index is 566. The number of hydrogen-bond donors (Lipinski definition) is 3. The zero-order valence-electron chi connectivity index (χ0n) is 16.9. The second-order valence-electron chi connectivity index (χ2n) is 7.12. The molecule has 1 rings (SSSR count). The van der Waals surface area contributed by atoms with E-state index in [4.69, 9.17) is 0 Å². The molecule has 2 atom stereocenters. The zero-order valence-corrected chi connectivity index (χ0v) is 16.9. The molecule has 10 nitrogen and oxygen atoms in total. The summed E-state index contributed by atoms with van der Waals surface area (Å²) in [7, 11) is 1.23. The highest BCUT2D eigenvalue weighted by Crippen LogP contribution is 2.12. The van der Waals surface area contributed by atoms with Crippen LogP contribution in [-0.2, 0) is 14.3 Å². The quantitative estimate of drug-likeness (QED) is 0.570. The summed E-state index contributed by atoms with van der Waals surface area (Å²) < 4.78 is 4.61. The molecule has 10 heteroatoms. The summed E-state index contributed by atoms with van der Waals surface area (Å²) in [6, 6.07) is -2.61. The van der Waals surface area contributed by atoms with Crippen molar-refractivity contribution in [1.29, 1.82) is 0 Å². The Balaban J connectivity index is 2.94. The average Bonchev–Trinajstić information content (AvgIpc) is 2.58. The van der Waals surface area contributed by atoms with Crippen molar-refractivity contribution in [2.45, 2.75) is 58.8 Å². The summed E-state index contributed by atoms with van der Waals surface area (Å²) in [4.78, 5) is 52.0. The highest BCUT2D eigenvalue weighted by atomic mass is 16.5. The van der Waals surface area contributed by atoms with Gasteiger partial charge in [0.25, 0.3) is 0 Å². The van der Waals surface area contributed by atoms with Crippen molar-refractivity contribution in [3.05, 3.63) is 0 Å². The van der Waals surface area contributed by atoms with Gasteiger partial charge in [-0.3, -0.25) is 4.79 Å². The molecule has 0 spiro atoms. The van der Waals surface area contributed by atoms with Gasteiger partial charge in [-0.15, -0.1) is 0 Å². The Hall–Kier alpha value is -2.52. The monoisotopic (exact) mass is 385 g/mol. The molecular weight excluding hydrogens is 354 g/mol. The van der Waals surface area contributed by atoms with Crippen LogP contribution in [0.3, 0.4) is 0 Å². The lowest BCUT2D eigenvalue weighted by Gasteiger charge is -2.41. The molecule has 1 saturated heterocycles. The number of urea groups is 2. The van der Waals surface area contributed by atoms with E-state index in [1.165, 1.54) is 23.8 Å².